The molecule has 42 heavy (non-hydrogen) atoms. The summed E-state index contributed by atoms with van der Waals surface area (Å²) >= 11 is 1.69. The van der Waals surface area contributed by atoms with Crippen molar-refractivity contribution in [2.75, 3.05) is 0 Å². The first-order valence-corrected chi connectivity index (χ1v) is 14.8. The highest BCUT2D eigenvalue weighted by Gasteiger charge is 2.22. The van der Waals surface area contributed by atoms with Crippen LogP contribution in [-0.2, 0) is 0 Å². The molecule has 0 amide bonds. The Bertz CT molecular complexity index is 2650. The van der Waals surface area contributed by atoms with E-state index in [-0.39, 0.29) is 0 Å². The number of nitrogens with zero attached hydrogens (tertiary/aromatic N) is 2. The Hall–Kier alpha value is -5.39. The molecular formula is C37H20N2O2S. The molecule has 0 aliphatic rings. The Labute approximate surface area is 242 Å². The number of hydrogen-bond donors (Lipinski definition) is 0. The number of furan rings is 2. The summed E-state index contributed by atoms with van der Waals surface area (Å²) in [6.45, 7) is 0. The largest absolute Gasteiger partial charge is 0.456 e. The van der Waals surface area contributed by atoms with Crippen LogP contribution in [-0.4, -0.2) is 9.55 Å². The molecule has 4 heterocycles. The molecule has 10 rings (SSSR count). The van der Waals surface area contributed by atoms with E-state index in [4.69, 9.17) is 13.8 Å². The highest BCUT2D eigenvalue weighted by atomic mass is 32.1. The van der Waals surface area contributed by atoms with Gasteiger partial charge in [-0.05, 0) is 48.5 Å². The highest BCUT2D eigenvalue weighted by Crippen LogP contribution is 2.45. The van der Waals surface area contributed by atoms with Gasteiger partial charge in [-0.3, -0.25) is 0 Å². The van der Waals surface area contributed by atoms with E-state index in [1.165, 1.54) is 21.8 Å². The van der Waals surface area contributed by atoms with Gasteiger partial charge in [-0.2, -0.15) is 0 Å². The van der Waals surface area contributed by atoms with Crippen LogP contribution in [0.4, 0.5) is 0 Å². The molecule has 4 nitrogen and oxygen atoms in total. The molecule has 5 heteroatoms. The fourth-order valence-electron chi connectivity index (χ4n) is 6.66. The third-order valence-corrected chi connectivity index (χ3v) is 9.51. The van der Waals surface area contributed by atoms with Crippen molar-refractivity contribution in [3.8, 4) is 16.3 Å². The minimum Gasteiger partial charge on any atom is -0.456 e. The summed E-state index contributed by atoms with van der Waals surface area (Å²) in [7, 11) is 0. The Morgan fingerprint density at radius 1 is 0.524 bits per heavy atom. The first-order chi connectivity index (χ1) is 20.8. The smallest absolute Gasteiger partial charge is 0.147 e. The third kappa shape index (κ3) is 2.88. The number of aromatic nitrogens is 2. The molecule has 4 aromatic heterocycles. The molecule has 0 radical (unpaired) electrons. The standard InChI is InChI=1S/C37H20N2O2S/c1-5-13-26-21(9-1)22-10-2-6-14-27(22)39(26)28-18-17-25(36-33(28)23-11-3-8-16-30(23)41-36)37-38-35-32(42-37)20-19-31-34(35)24-12-4-7-15-29(24)40-31/h1-20H. The monoisotopic (exact) mass is 556 g/mol. The van der Waals surface area contributed by atoms with Crippen LogP contribution in [0.1, 0.15) is 0 Å². The number of thiazole rings is 1. The first kappa shape index (κ1) is 22.3. The van der Waals surface area contributed by atoms with Gasteiger partial charge in [-0.15, -0.1) is 11.3 Å². The maximum Gasteiger partial charge on any atom is 0.147 e. The van der Waals surface area contributed by atoms with Crippen molar-refractivity contribution in [2.45, 2.75) is 0 Å². The van der Waals surface area contributed by atoms with Gasteiger partial charge >= 0.3 is 0 Å². The summed E-state index contributed by atoms with van der Waals surface area (Å²) in [5, 5.41) is 7.74. The van der Waals surface area contributed by atoms with Crippen LogP contribution >= 0.6 is 11.3 Å². The fourth-order valence-corrected chi connectivity index (χ4v) is 7.66. The molecule has 0 saturated carbocycles. The van der Waals surface area contributed by atoms with Crippen LogP contribution in [0, 0.1) is 0 Å². The lowest BCUT2D eigenvalue weighted by atomic mass is 10.1. The zero-order valence-electron chi connectivity index (χ0n) is 22.2. The molecule has 10 aromatic rings. The summed E-state index contributed by atoms with van der Waals surface area (Å²) in [6, 6.07) is 42.3. The minimum atomic E-state index is 0.850. The lowest BCUT2D eigenvalue weighted by Gasteiger charge is -2.11. The van der Waals surface area contributed by atoms with E-state index in [1.807, 2.05) is 24.3 Å². The van der Waals surface area contributed by atoms with E-state index in [9.17, 15) is 0 Å². The highest BCUT2D eigenvalue weighted by molar-refractivity contribution is 7.21. The molecule has 196 valence electrons. The lowest BCUT2D eigenvalue weighted by Crippen LogP contribution is -1.95. The van der Waals surface area contributed by atoms with Gasteiger partial charge in [-0.25, -0.2) is 4.98 Å². The lowest BCUT2D eigenvalue weighted by molar-refractivity contribution is 0.669. The second-order valence-electron chi connectivity index (χ2n) is 10.7. The second-order valence-corrected chi connectivity index (χ2v) is 11.7. The molecule has 6 aromatic carbocycles. The number of rotatable bonds is 2. The molecule has 0 bridgehead atoms. The Morgan fingerprint density at radius 2 is 1.14 bits per heavy atom. The van der Waals surface area contributed by atoms with Gasteiger partial charge in [-0.1, -0.05) is 72.8 Å². The second kappa shape index (κ2) is 8.09. The maximum absolute atomic E-state index is 6.67. The summed E-state index contributed by atoms with van der Waals surface area (Å²) in [6.07, 6.45) is 0. The number of hydrogen-bond acceptors (Lipinski definition) is 4. The summed E-state index contributed by atoms with van der Waals surface area (Å²) in [4.78, 5) is 5.24. The first-order valence-electron chi connectivity index (χ1n) is 14.0. The average molecular weight is 557 g/mol. The molecule has 0 spiro atoms. The van der Waals surface area contributed by atoms with Crippen LogP contribution in [0.15, 0.2) is 130 Å². The average Bonchev–Trinajstić information content (AvgIpc) is 3.80. The van der Waals surface area contributed by atoms with E-state index in [1.54, 1.807) is 11.3 Å². The van der Waals surface area contributed by atoms with Crippen molar-refractivity contribution in [2.24, 2.45) is 0 Å². The van der Waals surface area contributed by atoms with Gasteiger partial charge in [0.2, 0.25) is 0 Å². The quantitative estimate of drug-likeness (QED) is 0.213. The van der Waals surface area contributed by atoms with E-state index in [2.05, 4.69) is 102 Å². The number of para-hydroxylation sites is 4. The summed E-state index contributed by atoms with van der Waals surface area (Å²) in [5.74, 6) is 0. The predicted octanol–water partition coefficient (Wildman–Crippen LogP) is 10.9. The van der Waals surface area contributed by atoms with Crippen LogP contribution in [0.2, 0.25) is 0 Å². The molecule has 0 N–H and O–H groups in total. The van der Waals surface area contributed by atoms with Crippen molar-refractivity contribution < 1.29 is 8.83 Å². The molecule has 0 unspecified atom stereocenters. The van der Waals surface area contributed by atoms with E-state index < -0.39 is 0 Å². The molecule has 0 aliphatic carbocycles. The molecule has 0 atom stereocenters. The van der Waals surface area contributed by atoms with E-state index in [0.29, 0.717) is 0 Å². The van der Waals surface area contributed by atoms with Crippen LogP contribution in [0.3, 0.4) is 0 Å². The number of fused-ring (bicyclic) bond motifs is 11. The van der Waals surface area contributed by atoms with Crippen LogP contribution < -0.4 is 0 Å². The van der Waals surface area contributed by atoms with Gasteiger partial charge in [0.05, 0.1) is 43.3 Å². The van der Waals surface area contributed by atoms with Crippen molar-refractivity contribution >= 4 is 87.2 Å². The van der Waals surface area contributed by atoms with Gasteiger partial charge < -0.3 is 13.4 Å². The number of benzene rings is 6. The Balaban J connectivity index is 1.31. The van der Waals surface area contributed by atoms with Crippen LogP contribution in [0.25, 0.3) is 92.2 Å². The zero-order valence-corrected chi connectivity index (χ0v) is 23.0. The normalized spacial score (nSPS) is 12.3. The Morgan fingerprint density at radius 3 is 1.88 bits per heavy atom. The topological polar surface area (TPSA) is 44.1 Å². The Kier molecular flexibility index (Phi) is 4.30. The zero-order chi connectivity index (χ0) is 27.4. The van der Waals surface area contributed by atoms with Gasteiger partial charge in [0.25, 0.3) is 0 Å². The summed E-state index contributed by atoms with van der Waals surface area (Å²) in [5.41, 5.74) is 8.86. The van der Waals surface area contributed by atoms with Crippen LogP contribution in [0.5, 0.6) is 0 Å². The van der Waals surface area contributed by atoms with Crippen molar-refractivity contribution in [1.29, 1.82) is 0 Å². The van der Waals surface area contributed by atoms with E-state index in [0.717, 1.165) is 70.4 Å². The van der Waals surface area contributed by atoms with Gasteiger partial charge in [0.1, 0.15) is 27.3 Å². The van der Waals surface area contributed by atoms with Crippen molar-refractivity contribution in [3.05, 3.63) is 121 Å². The molecular weight excluding hydrogens is 536 g/mol. The molecule has 0 saturated heterocycles. The van der Waals surface area contributed by atoms with E-state index >= 15 is 0 Å². The SMILES string of the molecule is c1ccc2c(c1)oc1c(-c3nc4c(ccc5oc6ccccc6c54)s3)ccc(-n3c4ccccc4c4ccccc43)c12. The fraction of sp³-hybridized carbons (Fsp3) is 0. The van der Waals surface area contributed by atoms with Gasteiger partial charge in [0.15, 0.2) is 0 Å². The predicted molar refractivity (Wildman–Crippen MR) is 174 cm³/mol. The minimum absolute atomic E-state index is 0.850. The molecule has 0 aliphatic heterocycles. The summed E-state index contributed by atoms with van der Waals surface area (Å²) < 4.78 is 16.3. The third-order valence-electron chi connectivity index (χ3n) is 8.45. The van der Waals surface area contributed by atoms with Crippen molar-refractivity contribution in [1.82, 2.24) is 9.55 Å². The molecule has 0 fully saturated rings. The maximum atomic E-state index is 6.67. The van der Waals surface area contributed by atoms with Crippen molar-refractivity contribution in [3.63, 3.8) is 0 Å². The van der Waals surface area contributed by atoms with Gasteiger partial charge in [0, 0.05) is 21.5 Å².